The van der Waals surface area contributed by atoms with Crippen molar-refractivity contribution in [2.75, 3.05) is 40.4 Å². The number of nitrogens with two attached hydrogens (primary N) is 1. The summed E-state index contributed by atoms with van der Waals surface area (Å²) in [5.74, 6) is 1.28. The Morgan fingerprint density at radius 3 is 2.25 bits per heavy atom. The van der Waals surface area contributed by atoms with E-state index in [1.807, 2.05) is 0 Å². The summed E-state index contributed by atoms with van der Waals surface area (Å²) in [5, 5.41) is 22.8. The van der Waals surface area contributed by atoms with Crippen molar-refractivity contribution in [2.45, 2.75) is 6.04 Å². The van der Waals surface area contributed by atoms with Gasteiger partial charge in [-0.05, 0) is 30.3 Å². The number of aliphatic hydroxyl groups is 1. The van der Waals surface area contributed by atoms with Crippen LogP contribution in [0.1, 0.15) is 0 Å². The van der Waals surface area contributed by atoms with E-state index in [9.17, 15) is 4.79 Å². The second-order valence-electron chi connectivity index (χ2n) is 6.64. The fraction of sp³-hybridized carbons (Fsp3) is 0.286. The lowest BCUT2D eigenvalue weighted by Crippen LogP contribution is -2.38. The molecule has 0 fully saturated rings. The van der Waals surface area contributed by atoms with Gasteiger partial charge in [-0.25, -0.2) is 0 Å². The monoisotopic (exact) mass is 443 g/mol. The van der Waals surface area contributed by atoms with Crippen molar-refractivity contribution in [3.05, 3.63) is 30.3 Å². The van der Waals surface area contributed by atoms with Crippen molar-refractivity contribution < 1.29 is 28.8 Å². The number of nitrogens with one attached hydrogen (secondary N) is 2. The molecule has 0 aliphatic rings. The number of hydrogen-bond donors (Lipinski definition) is 4. The minimum atomic E-state index is -1.06. The number of rotatable bonds is 9. The predicted octanol–water partition coefficient (Wildman–Crippen LogP) is 1.43. The van der Waals surface area contributed by atoms with Crippen molar-refractivity contribution in [1.82, 2.24) is 15.4 Å². The van der Waals surface area contributed by atoms with E-state index in [0.717, 1.165) is 0 Å². The summed E-state index contributed by atoms with van der Waals surface area (Å²) in [7, 11) is 6.07. The summed E-state index contributed by atoms with van der Waals surface area (Å²) in [5.41, 5.74) is 8.44. The Morgan fingerprint density at radius 1 is 1.03 bits per heavy atom. The molecule has 0 radical (unpaired) electrons. The van der Waals surface area contributed by atoms with E-state index in [1.165, 1.54) is 28.4 Å². The average Bonchev–Trinajstić information content (AvgIpc) is 3.32. The zero-order valence-corrected chi connectivity index (χ0v) is 18.1. The largest absolute Gasteiger partial charge is 0.495 e. The Hall–Kier alpha value is -3.83. The van der Waals surface area contributed by atoms with Crippen LogP contribution in [0, 0.1) is 0 Å². The van der Waals surface area contributed by atoms with Gasteiger partial charge in [-0.15, -0.1) is 5.10 Å². The Kier molecular flexibility index (Phi) is 7.13. The third-order valence-corrected chi connectivity index (χ3v) is 4.77. The zero-order chi connectivity index (χ0) is 23.3. The molecule has 0 spiro atoms. The molecule has 0 aliphatic heterocycles. The number of carbonyl (C=O) groups excluding carboxylic acids is 1. The molecule has 0 saturated carbocycles. The van der Waals surface area contributed by atoms with Gasteiger partial charge in [0, 0.05) is 11.1 Å². The highest BCUT2D eigenvalue weighted by Crippen LogP contribution is 2.42. The molecule has 3 rings (SSSR count). The van der Waals surface area contributed by atoms with E-state index in [1.54, 1.807) is 30.3 Å². The maximum absolute atomic E-state index is 12.2. The highest BCUT2D eigenvalue weighted by atomic mass is 16.5. The van der Waals surface area contributed by atoms with Crippen molar-refractivity contribution in [3.8, 4) is 45.5 Å². The molecule has 11 nitrogen and oxygen atoms in total. The molecular formula is C21H25N5O6. The predicted molar refractivity (Wildman–Crippen MR) is 117 cm³/mol. The lowest BCUT2D eigenvalue weighted by Gasteiger charge is -2.15. The van der Waals surface area contributed by atoms with Crippen LogP contribution >= 0.6 is 0 Å². The third kappa shape index (κ3) is 4.43. The summed E-state index contributed by atoms with van der Waals surface area (Å²) in [6, 6.07) is 7.62. The van der Waals surface area contributed by atoms with Gasteiger partial charge in [-0.2, -0.15) is 0 Å². The molecule has 2 aromatic carbocycles. The van der Waals surface area contributed by atoms with Crippen LogP contribution < -0.4 is 30.0 Å². The minimum Gasteiger partial charge on any atom is -0.495 e. The number of benzene rings is 2. The topological polar surface area (TPSA) is 154 Å². The fourth-order valence-corrected chi connectivity index (χ4v) is 3.12. The molecule has 32 heavy (non-hydrogen) atoms. The van der Waals surface area contributed by atoms with Crippen LogP contribution in [0.3, 0.4) is 0 Å². The maximum atomic E-state index is 12.2. The van der Waals surface area contributed by atoms with Crippen molar-refractivity contribution in [3.63, 3.8) is 0 Å². The van der Waals surface area contributed by atoms with Crippen molar-refractivity contribution in [1.29, 1.82) is 0 Å². The minimum absolute atomic E-state index is 0.373. The Balaban J connectivity index is 2.07. The van der Waals surface area contributed by atoms with Crippen molar-refractivity contribution >= 4 is 11.6 Å². The standard InChI is InChI=1S/C21H25N5O6/c1-29-15-6-5-11(7-14(15)23-21(28)13(22)10-27)18-19(25-26-24-18)12-8-16(30-2)20(32-4)17(9-12)31-3/h5-9,13,27H,10,22H2,1-4H3,(H,23,28)(H,24,25,26). The molecule has 1 heterocycles. The van der Waals surface area contributed by atoms with Gasteiger partial charge in [0.25, 0.3) is 0 Å². The quantitative estimate of drug-likeness (QED) is 0.384. The molecular weight excluding hydrogens is 418 g/mol. The number of hydrogen-bond acceptors (Lipinski definition) is 9. The summed E-state index contributed by atoms with van der Waals surface area (Å²) in [6.45, 7) is -0.484. The first-order valence-electron chi connectivity index (χ1n) is 9.54. The normalized spacial score (nSPS) is 11.6. The second kappa shape index (κ2) is 9.98. The van der Waals surface area contributed by atoms with Gasteiger partial charge >= 0.3 is 0 Å². The second-order valence-corrected chi connectivity index (χ2v) is 6.64. The van der Waals surface area contributed by atoms with Gasteiger partial charge in [-0.3, -0.25) is 9.89 Å². The smallest absolute Gasteiger partial charge is 0.243 e. The first kappa shape index (κ1) is 22.8. The molecule has 1 aromatic heterocycles. The molecule has 1 unspecified atom stereocenters. The number of ether oxygens (including phenoxy) is 4. The Bertz CT molecular complexity index is 1080. The summed E-state index contributed by atoms with van der Waals surface area (Å²) < 4.78 is 21.6. The number of aliphatic hydroxyl groups excluding tert-OH is 1. The number of H-pyrrole nitrogens is 1. The lowest BCUT2D eigenvalue weighted by molar-refractivity contribution is -0.118. The molecule has 0 saturated heterocycles. The molecule has 0 bridgehead atoms. The number of nitrogens with zero attached hydrogens (tertiary/aromatic N) is 2. The van der Waals surface area contributed by atoms with E-state index in [4.69, 9.17) is 29.8 Å². The first-order chi connectivity index (χ1) is 15.5. The Labute approximate surface area is 184 Å². The lowest BCUT2D eigenvalue weighted by atomic mass is 10.0. The van der Waals surface area contributed by atoms with Crippen LogP contribution in [0.2, 0.25) is 0 Å². The van der Waals surface area contributed by atoms with Crippen LogP contribution in [0.15, 0.2) is 30.3 Å². The van der Waals surface area contributed by atoms with E-state index in [2.05, 4.69) is 20.7 Å². The molecule has 11 heteroatoms. The Morgan fingerprint density at radius 2 is 1.69 bits per heavy atom. The van der Waals surface area contributed by atoms with Crippen LogP contribution in [-0.2, 0) is 4.79 Å². The summed E-state index contributed by atoms with van der Waals surface area (Å²) in [4.78, 5) is 12.2. The molecule has 0 aliphatic carbocycles. The van der Waals surface area contributed by atoms with E-state index >= 15 is 0 Å². The van der Waals surface area contributed by atoms with Gasteiger partial charge in [0.05, 0.1) is 46.4 Å². The highest BCUT2D eigenvalue weighted by molar-refractivity contribution is 5.97. The van der Waals surface area contributed by atoms with E-state index < -0.39 is 18.6 Å². The number of methoxy groups -OCH3 is 4. The van der Waals surface area contributed by atoms with Crippen LogP contribution in [0.5, 0.6) is 23.0 Å². The summed E-state index contributed by atoms with van der Waals surface area (Å²) in [6.07, 6.45) is 0. The first-order valence-corrected chi connectivity index (χ1v) is 9.54. The molecule has 1 atom stereocenters. The SMILES string of the molecule is COc1ccc(-c2nn[nH]c2-c2cc(OC)c(OC)c(OC)c2)cc1NC(=O)C(N)CO. The number of anilines is 1. The van der Waals surface area contributed by atoms with E-state index in [0.29, 0.717) is 51.2 Å². The molecule has 170 valence electrons. The van der Waals surface area contributed by atoms with Crippen LogP contribution in [0.25, 0.3) is 22.5 Å². The molecule has 3 aromatic rings. The zero-order valence-electron chi connectivity index (χ0n) is 18.1. The number of amides is 1. The summed E-state index contributed by atoms with van der Waals surface area (Å²) >= 11 is 0. The van der Waals surface area contributed by atoms with Gasteiger partial charge in [0.2, 0.25) is 11.7 Å². The number of aromatic nitrogens is 3. The average molecular weight is 443 g/mol. The van der Waals surface area contributed by atoms with Crippen molar-refractivity contribution in [2.24, 2.45) is 5.73 Å². The van der Waals surface area contributed by atoms with Gasteiger partial charge < -0.3 is 35.1 Å². The molecule has 5 N–H and O–H groups in total. The van der Waals surface area contributed by atoms with Crippen LogP contribution in [0.4, 0.5) is 5.69 Å². The fourth-order valence-electron chi connectivity index (χ4n) is 3.12. The van der Waals surface area contributed by atoms with Gasteiger partial charge in [0.1, 0.15) is 17.5 Å². The maximum Gasteiger partial charge on any atom is 0.243 e. The van der Waals surface area contributed by atoms with Gasteiger partial charge in [-0.1, -0.05) is 5.21 Å². The number of aromatic amines is 1. The van der Waals surface area contributed by atoms with E-state index in [-0.39, 0.29) is 0 Å². The number of carbonyl (C=O) groups is 1. The highest BCUT2D eigenvalue weighted by Gasteiger charge is 2.20. The molecule has 1 amide bonds. The van der Waals surface area contributed by atoms with Gasteiger partial charge in [0.15, 0.2) is 11.5 Å². The third-order valence-electron chi connectivity index (χ3n) is 4.77. The van der Waals surface area contributed by atoms with Crippen LogP contribution in [-0.4, -0.2) is 67.5 Å².